The van der Waals surface area contributed by atoms with E-state index in [4.69, 9.17) is 0 Å². The molecule has 5 heteroatoms. The molecule has 0 heterocycles. The molecule has 0 amide bonds. The third-order valence-electron chi connectivity index (χ3n) is 2.15. The molecule has 0 fully saturated rings. The van der Waals surface area contributed by atoms with E-state index in [1.54, 1.807) is 45.4 Å². The molecule has 15 heavy (non-hydrogen) atoms. The Morgan fingerprint density at radius 2 is 1.60 bits per heavy atom. The SMILES string of the molecule is C[N+](C)(C)[C@H](c1ccccc1)P(=O)(O)O. The molecule has 2 N–H and O–H groups in total. The predicted molar refractivity (Wildman–Crippen MR) is 59.3 cm³/mol. The molecule has 0 bridgehead atoms. The second kappa shape index (κ2) is 4.06. The van der Waals surface area contributed by atoms with Crippen LogP contribution in [0.2, 0.25) is 0 Å². The van der Waals surface area contributed by atoms with Crippen LogP contribution in [0.25, 0.3) is 0 Å². The Kier molecular flexibility index (Phi) is 3.36. The van der Waals surface area contributed by atoms with Gasteiger partial charge in [-0.2, -0.15) is 0 Å². The highest BCUT2D eigenvalue weighted by Gasteiger charge is 2.41. The van der Waals surface area contributed by atoms with Crippen molar-refractivity contribution in [1.29, 1.82) is 0 Å². The molecule has 0 unspecified atom stereocenters. The zero-order valence-corrected chi connectivity index (χ0v) is 10.1. The van der Waals surface area contributed by atoms with Crippen molar-refractivity contribution in [3.8, 4) is 0 Å². The van der Waals surface area contributed by atoms with E-state index in [0.717, 1.165) is 0 Å². The van der Waals surface area contributed by atoms with Crippen molar-refractivity contribution in [2.75, 3.05) is 21.1 Å². The van der Waals surface area contributed by atoms with Gasteiger partial charge in [-0.3, -0.25) is 4.57 Å². The van der Waals surface area contributed by atoms with Crippen LogP contribution in [0.3, 0.4) is 0 Å². The normalized spacial score (nSPS) is 15.0. The molecule has 0 aliphatic heterocycles. The van der Waals surface area contributed by atoms with E-state index in [9.17, 15) is 14.4 Å². The minimum Gasteiger partial charge on any atom is -0.320 e. The summed E-state index contributed by atoms with van der Waals surface area (Å²) in [5, 5.41) is 0. The topological polar surface area (TPSA) is 57.5 Å². The van der Waals surface area contributed by atoms with Crippen molar-refractivity contribution in [2.45, 2.75) is 5.78 Å². The van der Waals surface area contributed by atoms with Crippen molar-refractivity contribution >= 4 is 7.60 Å². The van der Waals surface area contributed by atoms with Crippen molar-refractivity contribution in [2.24, 2.45) is 0 Å². The summed E-state index contributed by atoms with van der Waals surface area (Å²) in [6.07, 6.45) is 0. The molecule has 1 rings (SSSR count). The van der Waals surface area contributed by atoms with Gasteiger partial charge in [0.1, 0.15) is 0 Å². The Hall–Kier alpha value is -0.670. The van der Waals surface area contributed by atoms with Gasteiger partial charge in [0.25, 0.3) is 0 Å². The van der Waals surface area contributed by atoms with Crippen molar-refractivity contribution in [3.05, 3.63) is 35.9 Å². The smallest absolute Gasteiger partial charge is 0.320 e. The molecule has 0 saturated heterocycles. The van der Waals surface area contributed by atoms with Gasteiger partial charge >= 0.3 is 7.60 Å². The van der Waals surface area contributed by atoms with E-state index in [1.807, 2.05) is 6.07 Å². The van der Waals surface area contributed by atoms with Crippen LogP contribution in [0, 0.1) is 0 Å². The van der Waals surface area contributed by atoms with Gasteiger partial charge < -0.3 is 14.3 Å². The molecule has 0 radical (unpaired) electrons. The van der Waals surface area contributed by atoms with Crippen LogP contribution in [0.15, 0.2) is 30.3 Å². The number of hydrogen-bond acceptors (Lipinski definition) is 1. The Morgan fingerprint density at radius 3 is 1.93 bits per heavy atom. The van der Waals surface area contributed by atoms with Crippen molar-refractivity contribution in [3.63, 3.8) is 0 Å². The fourth-order valence-electron chi connectivity index (χ4n) is 1.72. The average molecular weight is 230 g/mol. The number of rotatable bonds is 3. The molecule has 0 spiro atoms. The summed E-state index contributed by atoms with van der Waals surface area (Å²) in [5.74, 6) is -0.807. The van der Waals surface area contributed by atoms with Gasteiger partial charge in [-0.1, -0.05) is 30.3 Å². The summed E-state index contributed by atoms with van der Waals surface area (Å²) in [5.41, 5.74) is 0.665. The summed E-state index contributed by atoms with van der Waals surface area (Å²) in [6, 6.07) is 8.89. The van der Waals surface area contributed by atoms with Crippen LogP contribution in [-0.4, -0.2) is 35.4 Å². The first kappa shape index (κ1) is 12.4. The zero-order valence-electron chi connectivity index (χ0n) is 9.16. The summed E-state index contributed by atoms with van der Waals surface area (Å²) >= 11 is 0. The first-order valence-corrected chi connectivity index (χ1v) is 6.32. The lowest BCUT2D eigenvalue weighted by atomic mass is 10.2. The zero-order chi connectivity index (χ0) is 11.7. The van der Waals surface area contributed by atoms with Gasteiger partial charge in [-0.15, -0.1) is 0 Å². The van der Waals surface area contributed by atoms with Crippen LogP contribution >= 0.6 is 7.60 Å². The molecule has 1 aromatic carbocycles. The summed E-state index contributed by atoms with van der Waals surface area (Å²) in [7, 11) is 1.18. The lowest BCUT2D eigenvalue weighted by molar-refractivity contribution is -0.888. The standard InChI is InChI=1S/C10H16NO3P/c1-11(2,3)10(15(12,13)14)9-7-5-4-6-8-9/h4-8,10H,1-3H3,(H-,12,13,14)/p+1/t10-/m0/s1. The van der Waals surface area contributed by atoms with Crippen molar-refractivity contribution < 1.29 is 18.8 Å². The van der Waals surface area contributed by atoms with Gasteiger partial charge in [0.2, 0.25) is 5.78 Å². The van der Waals surface area contributed by atoms with E-state index in [2.05, 4.69) is 0 Å². The number of nitrogens with zero attached hydrogens (tertiary/aromatic N) is 1. The Balaban J connectivity index is 3.21. The first-order valence-electron chi connectivity index (χ1n) is 4.64. The Morgan fingerprint density at radius 1 is 1.13 bits per heavy atom. The maximum Gasteiger partial charge on any atom is 0.387 e. The van der Waals surface area contributed by atoms with Gasteiger partial charge in [0.15, 0.2) is 0 Å². The van der Waals surface area contributed by atoms with Crippen LogP contribution in [0.4, 0.5) is 0 Å². The van der Waals surface area contributed by atoms with Crippen LogP contribution < -0.4 is 0 Å². The second-order valence-electron chi connectivity index (χ2n) is 4.49. The van der Waals surface area contributed by atoms with Crippen LogP contribution in [0.1, 0.15) is 11.3 Å². The maximum atomic E-state index is 11.5. The van der Waals surface area contributed by atoms with E-state index in [-0.39, 0.29) is 4.48 Å². The predicted octanol–water partition coefficient (Wildman–Crippen LogP) is 1.57. The van der Waals surface area contributed by atoms with E-state index < -0.39 is 13.4 Å². The van der Waals surface area contributed by atoms with E-state index in [0.29, 0.717) is 5.56 Å². The fourth-order valence-corrected chi connectivity index (χ4v) is 3.18. The molecular formula is C10H17NO3P+. The summed E-state index contributed by atoms with van der Waals surface area (Å²) in [6.45, 7) is 0. The van der Waals surface area contributed by atoms with E-state index >= 15 is 0 Å². The number of benzene rings is 1. The van der Waals surface area contributed by atoms with Gasteiger partial charge in [0.05, 0.1) is 21.1 Å². The molecule has 0 aromatic heterocycles. The molecule has 0 aliphatic rings. The Bertz CT molecular complexity index is 366. The molecule has 84 valence electrons. The molecule has 0 aliphatic carbocycles. The molecule has 4 nitrogen and oxygen atoms in total. The van der Waals surface area contributed by atoms with Gasteiger partial charge in [-0.05, 0) is 0 Å². The third-order valence-corrected chi connectivity index (χ3v) is 3.78. The largest absolute Gasteiger partial charge is 0.387 e. The average Bonchev–Trinajstić information content (AvgIpc) is 2.00. The van der Waals surface area contributed by atoms with E-state index in [1.165, 1.54) is 0 Å². The second-order valence-corrected chi connectivity index (χ2v) is 6.16. The van der Waals surface area contributed by atoms with Gasteiger partial charge in [-0.25, -0.2) is 0 Å². The molecule has 0 saturated carbocycles. The minimum absolute atomic E-state index is 0.203. The summed E-state index contributed by atoms with van der Waals surface area (Å²) < 4.78 is 11.7. The third kappa shape index (κ3) is 3.14. The van der Waals surface area contributed by atoms with Crippen LogP contribution in [0.5, 0.6) is 0 Å². The monoisotopic (exact) mass is 230 g/mol. The quantitative estimate of drug-likeness (QED) is 0.612. The molecule has 1 aromatic rings. The highest BCUT2D eigenvalue weighted by Crippen LogP contribution is 2.54. The first-order chi connectivity index (χ1) is 6.73. The lowest BCUT2D eigenvalue weighted by Crippen LogP contribution is -2.38. The number of hydrogen-bond donors (Lipinski definition) is 2. The lowest BCUT2D eigenvalue weighted by Gasteiger charge is -2.34. The molecule has 1 atom stereocenters. The highest BCUT2D eigenvalue weighted by molar-refractivity contribution is 7.51. The Labute approximate surface area is 89.9 Å². The maximum absolute atomic E-state index is 11.5. The summed E-state index contributed by atoms with van der Waals surface area (Å²) in [4.78, 5) is 18.7. The minimum atomic E-state index is -4.15. The highest BCUT2D eigenvalue weighted by atomic mass is 31.2. The van der Waals surface area contributed by atoms with Crippen molar-refractivity contribution in [1.82, 2.24) is 0 Å². The molecular weight excluding hydrogens is 213 g/mol. The number of quaternary nitrogens is 1. The van der Waals surface area contributed by atoms with Gasteiger partial charge in [0, 0.05) is 5.56 Å². The van der Waals surface area contributed by atoms with Crippen LogP contribution in [-0.2, 0) is 4.57 Å². The fraction of sp³-hybridized carbons (Fsp3) is 0.400.